The molecule has 0 bridgehead atoms. The van der Waals surface area contributed by atoms with Gasteiger partial charge >= 0.3 is 0 Å². The van der Waals surface area contributed by atoms with Crippen molar-refractivity contribution in [1.29, 1.82) is 0 Å². The largest absolute Gasteiger partial charge is 0.481 e. The van der Waals surface area contributed by atoms with Gasteiger partial charge in [-0.3, -0.25) is 0 Å². The van der Waals surface area contributed by atoms with Crippen LogP contribution in [0.4, 0.5) is 5.69 Å². The average Bonchev–Trinajstić information content (AvgIpc) is 2.74. The minimum atomic E-state index is 0.828. The van der Waals surface area contributed by atoms with E-state index in [0.717, 1.165) is 43.9 Å². The lowest BCUT2D eigenvalue weighted by molar-refractivity contribution is 0.344. The zero-order valence-electron chi connectivity index (χ0n) is 9.20. The summed E-state index contributed by atoms with van der Waals surface area (Å²) in [6.07, 6.45) is 4.34. The van der Waals surface area contributed by atoms with Crippen LogP contribution in [0, 0.1) is 0 Å². The van der Waals surface area contributed by atoms with E-state index in [1.165, 1.54) is 5.56 Å². The van der Waals surface area contributed by atoms with E-state index in [0.29, 0.717) is 0 Å². The van der Waals surface area contributed by atoms with Gasteiger partial charge in [0.25, 0.3) is 0 Å². The van der Waals surface area contributed by atoms with Crippen LogP contribution in [0.5, 0.6) is 0 Å². The number of hydrogen-bond acceptors (Lipinski definition) is 2. The molecule has 80 valence electrons. The summed E-state index contributed by atoms with van der Waals surface area (Å²) >= 11 is 0. The molecule has 1 aromatic carbocycles. The number of rotatable bonds is 3. The van der Waals surface area contributed by atoms with Gasteiger partial charge in [-0.05, 0) is 24.5 Å². The fraction of sp³-hybridized carbons (Fsp3) is 0.462. The van der Waals surface area contributed by atoms with E-state index >= 15 is 0 Å². The first-order valence-electron chi connectivity index (χ1n) is 5.68. The molecule has 2 rings (SSSR count). The Morgan fingerprint density at radius 3 is 2.93 bits per heavy atom. The molecule has 1 heterocycles. The molecule has 0 saturated carbocycles. The Labute approximate surface area is 91.0 Å². The van der Waals surface area contributed by atoms with Crippen molar-refractivity contribution < 1.29 is 4.74 Å². The molecule has 1 saturated heterocycles. The Morgan fingerprint density at radius 1 is 1.33 bits per heavy atom. The van der Waals surface area contributed by atoms with Crippen LogP contribution in [0.15, 0.2) is 29.3 Å². The maximum atomic E-state index is 5.44. The molecule has 0 aliphatic carbocycles. The molecule has 15 heavy (non-hydrogen) atoms. The molecule has 0 spiro atoms. The number of benzene rings is 1. The Kier molecular flexibility index (Phi) is 3.38. The van der Waals surface area contributed by atoms with E-state index in [2.05, 4.69) is 30.1 Å². The lowest BCUT2D eigenvalue weighted by atomic mass is 10.1. The first kappa shape index (κ1) is 10.2. The minimum absolute atomic E-state index is 0.828. The van der Waals surface area contributed by atoms with Crippen LogP contribution < -0.4 is 0 Å². The second-order valence-electron chi connectivity index (χ2n) is 3.84. The predicted molar refractivity (Wildman–Crippen MR) is 62.7 cm³/mol. The van der Waals surface area contributed by atoms with Crippen LogP contribution >= 0.6 is 0 Å². The molecule has 0 aromatic heterocycles. The van der Waals surface area contributed by atoms with E-state index in [9.17, 15) is 0 Å². The fourth-order valence-corrected chi connectivity index (χ4v) is 1.81. The van der Waals surface area contributed by atoms with Gasteiger partial charge in [0.2, 0.25) is 0 Å². The molecule has 0 atom stereocenters. The highest BCUT2D eigenvalue weighted by Crippen LogP contribution is 2.22. The normalized spacial score (nSPS) is 18.1. The smallest absolute Gasteiger partial charge is 0.188 e. The number of ether oxygens (including phenoxy) is 1. The third kappa shape index (κ3) is 2.58. The van der Waals surface area contributed by atoms with Gasteiger partial charge in [0.1, 0.15) is 0 Å². The molecule has 1 fully saturated rings. The molecule has 0 unspecified atom stereocenters. The van der Waals surface area contributed by atoms with Crippen LogP contribution in [0.25, 0.3) is 0 Å². The van der Waals surface area contributed by atoms with Gasteiger partial charge in [-0.2, -0.15) is 0 Å². The highest BCUT2D eigenvalue weighted by Gasteiger charge is 2.09. The third-order valence-electron chi connectivity index (χ3n) is 2.56. The zero-order valence-corrected chi connectivity index (χ0v) is 9.20. The minimum Gasteiger partial charge on any atom is -0.481 e. The molecule has 1 aliphatic rings. The first-order valence-corrected chi connectivity index (χ1v) is 5.68. The fourth-order valence-electron chi connectivity index (χ4n) is 1.81. The molecule has 2 nitrogen and oxygen atoms in total. The van der Waals surface area contributed by atoms with Crippen LogP contribution in [0.2, 0.25) is 0 Å². The van der Waals surface area contributed by atoms with Gasteiger partial charge in [-0.15, -0.1) is 0 Å². The second-order valence-corrected chi connectivity index (χ2v) is 3.84. The average molecular weight is 203 g/mol. The highest BCUT2D eigenvalue weighted by atomic mass is 16.5. The van der Waals surface area contributed by atoms with Crippen molar-refractivity contribution in [3.05, 3.63) is 29.8 Å². The first-order chi connectivity index (χ1) is 7.40. The summed E-state index contributed by atoms with van der Waals surface area (Å²) in [7, 11) is 0. The monoisotopic (exact) mass is 203 g/mol. The summed E-state index contributed by atoms with van der Waals surface area (Å²) in [6, 6.07) is 8.33. The van der Waals surface area contributed by atoms with Crippen LogP contribution in [0.1, 0.15) is 31.7 Å². The summed E-state index contributed by atoms with van der Waals surface area (Å²) in [6.45, 7) is 3.02. The van der Waals surface area contributed by atoms with Gasteiger partial charge in [-0.25, -0.2) is 4.99 Å². The van der Waals surface area contributed by atoms with E-state index in [1.54, 1.807) is 0 Å². The van der Waals surface area contributed by atoms with Crippen LogP contribution in [-0.4, -0.2) is 12.5 Å². The Balaban J connectivity index is 2.22. The maximum absolute atomic E-state index is 5.44. The zero-order chi connectivity index (χ0) is 10.5. The third-order valence-corrected chi connectivity index (χ3v) is 2.56. The van der Waals surface area contributed by atoms with Gasteiger partial charge in [0, 0.05) is 6.42 Å². The van der Waals surface area contributed by atoms with Crippen LogP contribution in [-0.2, 0) is 11.2 Å². The molecule has 2 heteroatoms. The van der Waals surface area contributed by atoms with Gasteiger partial charge < -0.3 is 4.74 Å². The van der Waals surface area contributed by atoms with Gasteiger partial charge in [-0.1, -0.05) is 31.5 Å². The lowest BCUT2D eigenvalue weighted by Crippen LogP contribution is -1.93. The van der Waals surface area contributed by atoms with Crippen LogP contribution in [0.3, 0.4) is 0 Å². The van der Waals surface area contributed by atoms with Crippen molar-refractivity contribution in [2.75, 3.05) is 6.61 Å². The molecule has 0 N–H and O–H groups in total. The van der Waals surface area contributed by atoms with E-state index < -0.39 is 0 Å². The Morgan fingerprint density at radius 2 is 2.20 bits per heavy atom. The van der Waals surface area contributed by atoms with E-state index in [4.69, 9.17) is 4.74 Å². The van der Waals surface area contributed by atoms with Crippen molar-refractivity contribution >= 4 is 11.6 Å². The molecule has 1 aliphatic heterocycles. The Hall–Kier alpha value is -1.31. The lowest BCUT2D eigenvalue weighted by Gasteiger charge is -2.04. The topological polar surface area (TPSA) is 21.6 Å². The maximum Gasteiger partial charge on any atom is 0.188 e. The molecular formula is C13H17NO. The van der Waals surface area contributed by atoms with E-state index in [1.807, 2.05) is 6.07 Å². The summed E-state index contributed by atoms with van der Waals surface area (Å²) in [5.74, 6) is 0.901. The summed E-state index contributed by atoms with van der Waals surface area (Å²) in [5, 5.41) is 0. The van der Waals surface area contributed by atoms with Gasteiger partial charge in [0.05, 0.1) is 12.3 Å². The molecular weight excluding hydrogens is 186 g/mol. The Bertz CT molecular complexity index is 349. The number of aliphatic imine (C=N–C) groups is 1. The SMILES string of the molecule is CCCc1ccccc1/N=C1\CCCO1. The summed E-state index contributed by atoms with van der Waals surface area (Å²) in [5.41, 5.74) is 2.40. The number of para-hydroxylation sites is 1. The summed E-state index contributed by atoms with van der Waals surface area (Å²) < 4.78 is 5.44. The van der Waals surface area contributed by atoms with E-state index in [-0.39, 0.29) is 0 Å². The molecule has 0 radical (unpaired) electrons. The summed E-state index contributed by atoms with van der Waals surface area (Å²) in [4.78, 5) is 4.57. The van der Waals surface area contributed by atoms with Crippen molar-refractivity contribution in [3.63, 3.8) is 0 Å². The predicted octanol–water partition coefficient (Wildman–Crippen LogP) is 3.48. The highest BCUT2D eigenvalue weighted by molar-refractivity contribution is 5.81. The van der Waals surface area contributed by atoms with Crippen molar-refractivity contribution in [2.24, 2.45) is 4.99 Å². The molecule has 0 amide bonds. The van der Waals surface area contributed by atoms with Crippen molar-refractivity contribution in [2.45, 2.75) is 32.6 Å². The second kappa shape index (κ2) is 4.96. The van der Waals surface area contributed by atoms with Crippen molar-refractivity contribution in [1.82, 2.24) is 0 Å². The standard InChI is InChI=1S/C13H17NO/c1-2-6-11-7-3-4-8-12(11)14-13-9-5-10-15-13/h3-4,7-8H,2,5-6,9-10H2,1H3/b14-13+. The van der Waals surface area contributed by atoms with Gasteiger partial charge in [0.15, 0.2) is 5.90 Å². The quantitative estimate of drug-likeness (QED) is 0.737. The number of aryl methyl sites for hydroxylation is 1. The van der Waals surface area contributed by atoms with Crippen molar-refractivity contribution in [3.8, 4) is 0 Å². The number of hydrogen-bond donors (Lipinski definition) is 0. The number of nitrogens with zero attached hydrogens (tertiary/aromatic N) is 1. The molecule has 1 aromatic rings.